The van der Waals surface area contributed by atoms with Crippen molar-refractivity contribution in [2.45, 2.75) is 13.8 Å². The molecule has 2 nitrogen and oxygen atoms in total. The van der Waals surface area contributed by atoms with Crippen molar-refractivity contribution < 1.29 is 5.11 Å². The van der Waals surface area contributed by atoms with Crippen LogP contribution in [-0.2, 0) is 0 Å². The van der Waals surface area contributed by atoms with Crippen LogP contribution >= 0.6 is 22.6 Å². The summed E-state index contributed by atoms with van der Waals surface area (Å²) >= 11 is 2.10. The van der Waals surface area contributed by atoms with Crippen LogP contribution in [0.2, 0.25) is 0 Å². The van der Waals surface area contributed by atoms with E-state index < -0.39 is 0 Å². The van der Waals surface area contributed by atoms with Gasteiger partial charge in [-0.3, -0.25) is 4.99 Å². The van der Waals surface area contributed by atoms with Crippen molar-refractivity contribution in [3.05, 3.63) is 56.7 Å². The molecule has 1 N–H and O–H groups in total. The van der Waals surface area contributed by atoms with E-state index in [-0.39, 0.29) is 0 Å². The van der Waals surface area contributed by atoms with Gasteiger partial charge >= 0.3 is 0 Å². The summed E-state index contributed by atoms with van der Waals surface area (Å²) in [6, 6.07) is 11.6. The lowest BCUT2D eigenvalue weighted by molar-refractivity contribution is 0.471. The van der Waals surface area contributed by atoms with Crippen molar-refractivity contribution >= 4 is 34.5 Å². The highest BCUT2D eigenvalue weighted by molar-refractivity contribution is 14.1. The number of rotatable bonds is 2. The average Bonchev–Trinajstić information content (AvgIpc) is 2.35. The molecular weight excluding hydrogens is 337 g/mol. The van der Waals surface area contributed by atoms with Gasteiger partial charge in [-0.05, 0) is 83.5 Å². The number of phenolic OH excluding ortho intramolecular Hbond substituents is 1. The number of halogens is 1. The maximum atomic E-state index is 9.44. The number of hydrogen-bond donors (Lipinski definition) is 1. The second-order valence-electron chi connectivity index (χ2n) is 4.24. The van der Waals surface area contributed by atoms with Crippen LogP contribution < -0.4 is 0 Å². The molecule has 0 radical (unpaired) electrons. The first kappa shape index (κ1) is 13.1. The van der Waals surface area contributed by atoms with Crippen LogP contribution in [0.1, 0.15) is 16.7 Å². The van der Waals surface area contributed by atoms with Crippen LogP contribution in [0.3, 0.4) is 0 Å². The number of hydrogen-bond acceptors (Lipinski definition) is 2. The van der Waals surface area contributed by atoms with Crippen molar-refractivity contribution in [1.82, 2.24) is 0 Å². The average molecular weight is 351 g/mol. The van der Waals surface area contributed by atoms with Gasteiger partial charge in [-0.25, -0.2) is 0 Å². The molecule has 3 heteroatoms. The van der Waals surface area contributed by atoms with E-state index in [1.54, 1.807) is 6.07 Å². The van der Waals surface area contributed by atoms with E-state index in [0.717, 1.165) is 14.8 Å². The molecule has 92 valence electrons. The number of nitrogens with zero attached hydrogens (tertiary/aromatic N) is 1. The zero-order chi connectivity index (χ0) is 13.1. The van der Waals surface area contributed by atoms with Gasteiger partial charge in [0.1, 0.15) is 5.75 Å². The zero-order valence-electron chi connectivity index (χ0n) is 10.3. The third kappa shape index (κ3) is 3.10. The Kier molecular flexibility index (Phi) is 4.01. The molecule has 0 aliphatic heterocycles. The van der Waals surface area contributed by atoms with Crippen LogP contribution in [-0.4, -0.2) is 11.3 Å². The van der Waals surface area contributed by atoms with Gasteiger partial charge in [-0.15, -0.1) is 0 Å². The van der Waals surface area contributed by atoms with E-state index in [9.17, 15) is 5.11 Å². The quantitative estimate of drug-likeness (QED) is 0.633. The van der Waals surface area contributed by atoms with Crippen molar-refractivity contribution in [2.75, 3.05) is 0 Å². The lowest BCUT2D eigenvalue weighted by Crippen LogP contribution is -1.83. The number of aryl methyl sites for hydroxylation is 2. The van der Waals surface area contributed by atoms with Crippen molar-refractivity contribution in [2.24, 2.45) is 4.99 Å². The summed E-state index contributed by atoms with van der Waals surface area (Å²) in [5.41, 5.74) is 4.44. The van der Waals surface area contributed by atoms with Gasteiger partial charge in [0, 0.05) is 6.21 Å². The first-order chi connectivity index (χ1) is 8.56. The third-order valence-corrected chi connectivity index (χ3v) is 3.69. The molecule has 0 atom stereocenters. The molecular formula is C15H14INO. The van der Waals surface area contributed by atoms with Crippen LogP contribution in [0, 0.1) is 17.4 Å². The Labute approximate surface area is 121 Å². The predicted octanol–water partition coefficient (Wildman–Crippen LogP) is 4.36. The normalized spacial score (nSPS) is 11.1. The fraction of sp³-hybridized carbons (Fsp3) is 0.133. The second kappa shape index (κ2) is 5.52. The SMILES string of the molecule is Cc1ccc(N=Cc2ccc(O)c(I)c2)cc1C. The minimum Gasteiger partial charge on any atom is -0.507 e. The molecule has 0 bridgehead atoms. The molecule has 0 aliphatic carbocycles. The first-order valence-corrected chi connectivity index (χ1v) is 6.74. The van der Waals surface area contributed by atoms with Gasteiger partial charge in [0.25, 0.3) is 0 Å². The maximum absolute atomic E-state index is 9.44. The van der Waals surface area contributed by atoms with Crippen LogP contribution in [0.5, 0.6) is 5.75 Å². The Hall–Kier alpha value is -1.36. The van der Waals surface area contributed by atoms with E-state index >= 15 is 0 Å². The van der Waals surface area contributed by atoms with Crippen molar-refractivity contribution in [1.29, 1.82) is 0 Å². The van der Waals surface area contributed by atoms with Crippen LogP contribution in [0.4, 0.5) is 5.69 Å². The smallest absolute Gasteiger partial charge is 0.128 e. The fourth-order valence-corrected chi connectivity index (χ4v) is 2.10. The van der Waals surface area contributed by atoms with Gasteiger partial charge in [0.15, 0.2) is 0 Å². The summed E-state index contributed by atoms with van der Waals surface area (Å²) in [7, 11) is 0. The third-order valence-electron chi connectivity index (χ3n) is 2.82. The summed E-state index contributed by atoms with van der Waals surface area (Å²) in [6.07, 6.45) is 1.81. The summed E-state index contributed by atoms with van der Waals surface area (Å²) in [4.78, 5) is 4.44. The van der Waals surface area contributed by atoms with Gasteiger partial charge in [0.2, 0.25) is 0 Å². The molecule has 2 rings (SSSR count). The molecule has 0 amide bonds. The van der Waals surface area contributed by atoms with E-state index in [4.69, 9.17) is 0 Å². The van der Waals surface area contributed by atoms with Gasteiger partial charge < -0.3 is 5.11 Å². The summed E-state index contributed by atoms with van der Waals surface area (Å²) in [5.74, 6) is 0.305. The predicted molar refractivity (Wildman–Crippen MR) is 84.0 cm³/mol. The Morgan fingerprint density at radius 3 is 2.50 bits per heavy atom. The summed E-state index contributed by atoms with van der Waals surface area (Å²) in [6.45, 7) is 4.17. The second-order valence-corrected chi connectivity index (χ2v) is 5.40. The highest BCUT2D eigenvalue weighted by Gasteiger charge is 1.98. The van der Waals surface area contributed by atoms with Crippen LogP contribution in [0.15, 0.2) is 41.4 Å². The summed E-state index contributed by atoms with van der Waals surface area (Å²) in [5, 5.41) is 9.44. The molecule has 2 aromatic rings. The van der Waals surface area contributed by atoms with Crippen molar-refractivity contribution in [3.63, 3.8) is 0 Å². The molecule has 0 spiro atoms. The summed E-state index contributed by atoms with van der Waals surface area (Å²) < 4.78 is 0.830. The van der Waals surface area contributed by atoms with E-state index in [2.05, 4.69) is 53.6 Å². The molecule has 0 fully saturated rings. The van der Waals surface area contributed by atoms with Gasteiger partial charge in [-0.1, -0.05) is 6.07 Å². The minimum absolute atomic E-state index is 0.305. The lowest BCUT2D eigenvalue weighted by atomic mass is 10.1. The first-order valence-electron chi connectivity index (χ1n) is 5.66. The van der Waals surface area contributed by atoms with Crippen LogP contribution in [0.25, 0.3) is 0 Å². The molecule has 0 saturated carbocycles. The Balaban J connectivity index is 2.24. The molecule has 0 aromatic heterocycles. The van der Waals surface area contributed by atoms with E-state index in [1.165, 1.54) is 11.1 Å². The molecule has 2 aromatic carbocycles. The molecule has 0 heterocycles. The molecule has 0 aliphatic rings. The highest BCUT2D eigenvalue weighted by atomic mass is 127. The largest absolute Gasteiger partial charge is 0.507 e. The van der Waals surface area contributed by atoms with E-state index in [1.807, 2.05) is 24.4 Å². The topological polar surface area (TPSA) is 32.6 Å². The fourth-order valence-electron chi connectivity index (χ4n) is 1.56. The van der Waals surface area contributed by atoms with Crippen molar-refractivity contribution in [3.8, 4) is 5.75 Å². The monoisotopic (exact) mass is 351 g/mol. The number of aromatic hydroxyl groups is 1. The number of aliphatic imine (C=N–C) groups is 1. The lowest BCUT2D eigenvalue weighted by Gasteiger charge is -2.01. The molecule has 0 saturated heterocycles. The zero-order valence-corrected chi connectivity index (χ0v) is 12.5. The molecule has 18 heavy (non-hydrogen) atoms. The Bertz CT molecular complexity index is 552. The van der Waals surface area contributed by atoms with Gasteiger partial charge in [0.05, 0.1) is 9.26 Å². The highest BCUT2D eigenvalue weighted by Crippen LogP contribution is 2.20. The Morgan fingerprint density at radius 1 is 1.06 bits per heavy atom. The number of benzene rings is 2. The Morgan fingerprint density at radius 2 is 1.83 bits per heavy atom. The maximum Gasteiger partial charge on any atom is 0.128 e. The minimum atomic E-state index is 0.305. The van der Waals surface area contributed by atoms with E-state index in [0.29, 0.717) is 5.75 Å². The standard InChI is InChI=1S/C15H14INO/c1-10-3-5-13(7-11(10)2)17-9-12-4-6-15(18)14(16)8-12/h3-9,18H,1-2H3. The molecule has 0 unspecified atom stereocenters. The van der Waals surface area contributed by atoms with Gasteiger partial charge in [-0.2, -0.15) is 0 Å². The number of phenols is 1.